The third kappa shape index (κ3) is 3.15. The molecule has 0 aromatic heterocycles. The maximum atomic E-state index is 12.4. The summed E-state index contributed by atoms with van der Waals surface area (Å²) in [5.41, 5.74) is 1.31. The van der Waals surface area contributed by atoms with E-state index in [1.807, 2.05) is 6.07 Å². The summed E-state index contributed by atoms with van der Waals surface area (Å²) in [6, 6.07) is 9.01. The zero-order valence-electron chi connectivity index (χ0n) is 11.1. The Labute approximate surface area is 117 Å². The van der Waals surface area contributed by atoms with Crippen molar-refractivity contribution >= 4 is 11.9 Å². The molecule has 0 bridgehead atoms. The van der Waals surface area contributed by atoms with E-state index in [4.69, 9.17) is 10.4 Å². The second-order valence-corrected chi connectivity index (χ2v) is 4.96. The number of hydrogen-bond acceptors (Lipinski definition) is 3. The molecular weight excluding hydrogens is 256 g/mol. The van der Waals surface area contributed by atoms with Gasteiger partial charge in [0.1, 0.15) is 0 Å². The SMILES string of the molecule is N#CCc1cccc(C(=O)N2CCC[C@H](C(=O)O)C2)c1. The molecule has 1 heterocycles. The summed E-state index contributed by atoms with van der Waals surface area (Å²) in [5, 5.41) is 17.7. The van der Waals surface area contributed by atoms with E-state index in [1.54, 1.807) is 29.2 Å². The molecule has 5 nitrogen and oxygen atoms in total. The zero-order valence-corrected chi connectivity index (χ0v) is 11.1. The quantitative estimate of drug-likeness (QED) is 0.907. The van der Waals surface area contributed by atoms with Crippen LogP contribution in [0.5, 0.6) is 0 Å². The van der Waals surface area contributed by atoms with Gasteiger partial charge in [-0.15, -0.1) is 0 Å². The Balaban J connectivity index is 2.12. The highest BCUT2D eigenvalue weighted by Crippen LogP contribution is 2.19. The van der Waals surface area contributed by atoms with E-state index in [0.717, 1.165) is 5.56 Å². The third-order valence-corrected chi connectivity index (χ3v) is 3.51. The molecule has 0 radical (unpaired) electrons. The number of nitrogens with zero attached hydrogens (tertiary/aromatic N) is 2. The van der Waals surface area contributed by atoms with Gasteiger partial charge in [-0.2, -0.15) is 5.26 Å². The number of rotatable bonds is 3. The fraction of sp³-hybridized carbons (Fsp3) is 0.400. The van der Waals surface area contributed by atoms with Gasteiger partial charge in [-0.3, -0.25) is 9.59 Å². The normalized spacial score (nSPS) is 18.4. The highest BCUT2D eigenvalue weighted by Gasteiger charge is 2.28. The lowest BCUT2D eigenvalue weighted by molar-refractivity contribution is -0.143. The number of nitriles is 1. The van der Waals surface area contributed by atoms with Crippen LogP contribution < -0.4 is 0 Å². The molecule has 104 valence electrons. The molecule has 0 aliphatic carbocycles. The number of carbonyl (C=O) groups is 2. The van der Waals surface area contributed by atoms with E-state index >= 15 is 0 Å². The van der Waals surface area contributed by atoms with Crippen molar-refractivity contribution in [3.63, 3.8) is 0 Å². The molecule has 1 fully saturated rings. The minimum atomic E-state index is -0.847. The molecule has 1 aliphatic heterocycles. The second kappa shape index (κ2) is 6.20. The van der Waals surface area contributed by atoms with Gasteiger partial charge < -0.3 is 10.0 Å². The third-order valence-electron chi connectivity index (χ3n) is 3.51. The Morgan fingerprint density at radius 3 is 2.95 bits per heavy atom. The van der Waals surface area contributed by atoms with Gasteiger partial charge in [0.15, 0.2) is 0 Å². The van der Waals surface area contributed by atoms with Crippen LogP contribution in [0.3, 0.4) is 0 Å². The first kappa shape index (κ1) is 14.1. The molecule has 0 unspecified atom stereocenters. The van der Waals surface area contributed by atoms with Crippen molar-refractivity contribution in [1.82, 2.24) is 4.90 Å². The Morgan fingerprint density at radius 1 is 1.45 bits per heavy atom. The summed E-state index contributed by atoms with van der Waals surface area (Å²) >= 11 is 0. The lowest BCUT2D eigenvalue weighted by atomic mass is 9.97. The first-order chi connectivity index (χ1) is 9.61. The van der Waals surface area contributed by atoms with Crippen molar-refractivity contribution in [2.24, 2.45) is 5.92 Å². The van der Waals surface area contributed by atoms with Gasteiger partial charge in [0, 0.05) is 18.7 Å². The average molecular weight is 272 g/mol. The molecular formula is C15H16N2O3. The number of piperidine rings is 1. The van der Waals surface area contributed by atoms with Crippen molar-refractivity contribution in [1.29, 1.82) is 5.26 Å². The first-order valence-corrected chi connectivity index (χ1v) is 6.60. The van der Waals surface area contributed by atoms with E-state index in [0.29, 0.717) is 24.9 Å². The highest BCUT2D eigenvalue weighted by atomic mass is 16.4. The number of carboxylic acid groups (broad SMARTS) is 1. The van der Waals surface area contributed by atoms with Crippen LogP contribution in [0.4, 0.5) is 0 Å². The standard InChI is InChI=1S/C15H16N2O3/c16-7-6-11-3-1-4-12(9-11)14(18)17-8-2-5-13(10-17)15(19)20/h1,3-4,9,13H,2,5-6,8,10H2,(H,19,20)/t13-/m0/s1. The number of carbonyl (C=O) groups excluding carboxylic acids is 1. The molecule has 0 saturated carbocycles. The van der Waals surface area contributed by atoms with E-state index in [1.165, 1.54) is 0 Å². The number of aliphatic carboxylic acids is 1. The fourth-order valence-corrected chi connectivity index (χ4v) is 2.45. The van der Waals surface area contributed by atoms with E-state index in [2.05, 4.69) is 0 Å². The van der Waals surface area contributed by atoms with Crippen molar-refractivity contribution in [3.8, 4) is 6.07 Å². The molecule has 1 aromatic rings. The maximum absolute atomic E-state index is 12.4. The van der Waals surface area contributed by atoms with Crippen LogP contribution >= 0.6 is 0 Å². The predicted octanol–water partition coefficient (Wildman–Crippen LogP) is 1.69. The molecule has 0 spiro atoms. The summed E-state index contributed by atoms with van der Waals surface area (Å²) in [5.74, 6) is -1.48. The number of amides is 1. The average Bonchev–Trinajstić information content (AvgIpc) is 2.47. The Kier molecular flexibility index (Phi) is 4.36. The Hall–Kier alpha value is -2.35. The molecule has 1 amide bonds. The van der Waals surface area contributed by atoms with Gasteiger partial charge in [0.2, 0.25) is 0 Å². The predicted molar refractivity (Wildman–Crippen MR) is 72.0 cm³/mol. The van der Waals surface area contributed by atoms with Gasteiger partial charge in [0.05, 0.1) is 18.4 Å². The van der Waals surface area contributed by atoms with Crippen LogP contribution in [-0.2, 0) is 11.2 Å². The van der Waals surface area contributed by atoms with Gasteiger partial charge in [0.25, 0.3) is 5.91 Å². The summed E-state index contributed by atoms with van der Waals surface area (Å²) in [7, 11) is 0. The summed E-state index contributed by atoms with van der Waals surface area (Å²) in [4.78, 5) is 25.0. The Bertz CT molecular complexity index is 562. The molecule has 1 saturated heterocycles. The summed E-state index contributed by atoms with van der Waals surface area (Å²) in [6.45, 7) is 0.849. The van der Waals surface area contributed by atoms with Crippen molar-refractivity contribution in [3.05, 3.63) is 35.4 Å². The van der Waals surface area contributed by atoms with Crippen LogP contribution in [0, 0.1) is 17.2 Å². The minimum Gasteiger partial charge on any atom is -0.481 e. The van der Waals surface area contributed by atoms with Gasteiger partial charge in [-0.25, -0.2) is 0 Å². The van der Waals surface area contributed by atoms with Crippen LogP contribution in [0.15, 0.2) is 24.3 Å². The summed E-state index contributed by atoms with van der Waals surface area (Å²) in [6.07, 6.45) is 1.59. The van der Waals surface area contributed by atoms with E-state index in [-0.39, 0.29) is 18.9 Å². The topological polar surface area (TPSA) is 81.4 Å². The monoisotopic (exact) mass is 272 g/mol. The number of hydrogen-bond donors (Lipinski definition) is 1. The second-order valence-electron chi connectivity index (χ2n) is 4.96. The summed E-state index contributed by atoms with van der Waals surface area (Å²) < 4.78 is 0. The lowest BCUT2D eigenvalue weighted by Crippen LogP contribution is -2.42. The molecule has 2 rings (SSSR count). The smallest absolute Gasteiger partial charge is 0.308 e. The van der Waals surface area contributed by atoms with E-state index in [9.17, 15) is 9.59 Å². The van der Waals surface area contributed by atoms with Crippen molar-refractivity contribution in [2.75, 3.05) is 13.1 Å². The zero-order chi connectivity index (χ0) is 14.5. The molecule has 1 aliphatic rings. The molecule has 5 heteroatoms. The maximum Gasteiger partial charge on any atom is 0.308 e. The van der Waals surface area contributed by atoms with Crippen molar-refractivity contribution < 1.29 is 14.7 Å². The minimum absolute atomic E-state index is 0.157. The Morgan fingerprint density at radius 2 is 2.25 bits per heavy atom. The fourth-order valence-electron chi connectivity index (χ4n) is 2.45. The number of likely N-dealkylation sites (tertiary alicyclic amines) is 1. The number of carboxylic acids is 1. The van der Waals surface area contributed by atoms with Crippen LogP contribution in [0.25, 0.3) is 0 Å². The van der Waals surface area contributed by atoms with Gasteiger partial charge in [-0.1, -0.05) is 12.1 Å². The van der Waals surface area contributed by atoms with Gasteiger partial charge >= 0.3 is 5.97 Å². The molecule has 20 heavy (non-hydrogen) atoms. The van der Waals surface area contributed by atoms with Crippen LogP contribution in [0.2, 0.25) is 0 Å². The number of benzene rings is 1. The molecule has 1 atom stereocenters. The van der Waals surface area contributed by atoms with E-state index < -0.39 is 11.9 Å². The molecule has 1 aromatic carbocycles. The largest absolute Gasteiger partial charge is 0.481 e. The molecule has 1 N–H and O–H groups in total. The highest BCUT2D eigenvalue weighted by molar-refractivity contribution is 5.94. The lowest BCUT2D eigenvalue weighted by Gasteiger charge is -2.30. The first-order valence-electron chi connectivity index (χ1n) is 6.60. The van der Waals surface area contributed by atoms with Crippen LogP contribution in [-0.4, -0.2) is 35.0 Å². The van der Waals surface area contributed by atoms with Crippen LogP contribution in [0.1, 0.15) is 28.8 Å². The van der Waals surface area contributed by atoms with Gasteiger partial charge in [-0.05, 0) is 30.5 Å². The van der Waals surface area contributed by atoms with Crippen molar-refractivity contribution in [2.45, 2.75) is 19.3 Å².